The normalized spacial score (nSPS) is 19.8. The summed E-state index contributed by atoms with van der Waals surface area (Å²) < 4.78 is 14.5. The smallest absolute Gasteiger partial charge is 0.101 e. The fraction of sp³-hybridized carbons (Fsp3) is 0.647. The van der Waals surface area contributed by atoms with Crippen LogP contribution in [0.2, 0.25) is 0 Å². The van der Waals surface area contributed by atoms with Gasteiger partial charge in [0.2, 0.25) is 0 Å². The standard InChI is InChI=1S/C17H27NO4S/c1-17(2,3)23(22)18-10-14-9-12(11-21)8-13(4-6-19)16(14)15(18)5-7-20/h8-9,15,19-21H,4-7,10-11H2,1-3H3/t15-,23?/m1/s1. The van der Waals surface area contributed by atoms with Gasteiger partial charge in [-0.05, 0) is 55.9 Å². The van der Waals surface area contributed by atoms with E-state index < -0.39 is 11.0 Å². The Hall–Kier alpha value is -0.790. The van der Waals surface area contributed by atoms with E-state index in [0.29, 0.717) is 19.4 Å². The Bertz CT molecular complexity index is 583. The molecule has 0 fully saturated rings. The van der Waals surface area contributed by atoms with Gasteiger partial charge in [0.25, 0.3) is 0 Å². The molecule has 0 saturated carbocycles. The van der Waals surface area contributed by atoms with Crippen LogP contribution < -0.4 is 0 Å². The molecule has 130 valence electrons. The third-order valence-electron chi connectivity index (χ3n) is 4.12. The second kappa shape index (κ2) is 7.40. The van der Waals surface area contributed by atoms with Crippen LogP contribution in [0, 0.1) is 0 Å². The van der Waals surface area contributed by atoms with E-state index in [4.69, 9.17) is 0 Å². The van der Waals surface area contributed by atoms with Crippen LogP contribution in [0.25, 0.3) is 0 Å². The highest BCUT2D eigenvalue weighted by molar-refractivity contribution is 7.84. The Morgan fingerprint density at radius 3 is 2.43 bits per heavy atom. The first-order valence-electron chi connectivity index (χ1n) is 7.99. The predicted octanol–water partition coefficient (Wildman–Crippen LogP) is 1.42. The Balaban J connectivity index is 2.49. The first kappa shape index (κ1) is 18.5. The largest absolute Gasteiger partial charge is 0.396 e. The highest BCUT2D eigenvalue weighted by Crippen LogP contribution is 2.41. The lowest BCUT2D eigenvalue weighted by molar-refractivity contribution is 0.237. The van der Waals surface area contributed by atoms with Crippen molar-refractivity contribution in [3.05, 3.63) is 34.4 Å². The monoisotopic (exact) mass is 341 g/mol. The number of benzene rings is 1. The zero-order valence-electron chi connectivity index (χ0n) is 14.1. The zero-order valence-corrected chi connectivity index (χ0v) is 14.9. The zero-order chi connectivity index (χ0) is 17.2. The van der Waals surface area contributed by atoms with Crippen molar-refractivity contribution in [2.75, 3.05) is 13.2 Å². The van der Waals surface area contributed by atoms with Gasteiger partial charge in [-0.3, -0.25) is 0 Å². The number of hydrogen-bond donors (Lipinski definition) is 3. The molecule has 1 aromatic rings. The van der Waals surface area contributed by atoms with E-state index in [-0.39, 0.29) is 30.6 Å². The van der Waals surface area contributed by atoms with Crippen molar-refractivity contribution in [2.45, 2.75) is 57.6 Å². The Kier molecular flexibility index (Phi) is 5.97. The SMILES string of the molecule is CC(C)(C)S(=O)N1Cc2cc(CO)cc(CCO)c2[C@H]1CCO. The Labute approximate surface area is 140 Å². The molecule has 0 spiro atoms. The molecule has 5 nitrogen and oxygen atoms in total. The highest BCUT2D eigenvalue weighted by Gasteiger charge is 2.39. The summed E-state index contributed by atoms with van der Waals surface area (Å²) in [4.78, 5) is 0. The lowest BCUT2D eigenvalue weighted by Crippen LogP contribution is -2.37. The van der Waals surface area contributed by atoms with Crippen molar-refractivity contribution >= 4 is 11.0 Å². The topological polar surface area (TPSA) is 81.0 Å². The van der Waals surface area contributed by atoms with Crippen LogP contribution in [0.5, 0.6) is 0 Å². The van der Waals surface area contributed by atoms with E-state index in [1.807, 2.05) is 37.2 Å². The molecule has 1 heterocycles. The minimum Gasteiger partial charge on any atom is -0.396 e. The highest BCUT2D eigenvalue weighted by atomic mass is 32.2. The summed E-state index contributed by atoms with van der Waals surface area (Å²) in [6.07, 6.45) is 1.000. The molecule has 2 rings (SSSR count). The lowest BCUT2D eigenvalue weighted by Gasteiger charge is -2.30. The lowest BCUT2D eigenvalue weighted by atomic mass is 9.93. The van der Waals surface area contributed by atoms with Crippen LogP contribution in [0.3, 0.4) is 0 Å². The summed E-state index contributed by atoms with van der Waals surface area (Å²) in [6, 6.07) is 3.73. The molecule has 0 saturated heterocycles. The summed E-state index contributed by atoms with van der Waals surface area (Å²) >= 11 is 0. The molecule has 23 heavy (non-hydrogen) atoms. The predicted molar refractivity (Wildman–Crippen MR) is 91.0 cm³/mol. The van der Waals surface area contributed by atoms with Gasteiger partial charge in [0.15, 0.2) is 0 Å². The Morgan fingerprint density at radius 1 is 1.22 bits per heavy atom. The minimum absolute atomic E-state index is 0.0161. The molecule has 2 atom stereocenters. The fourth-order valence-electron chi connectivity index (χ4n) is 3.19. The molecule has 1 aromatic carbocycles. The molecule has 0 radical (unpaired) electrons. The molecule has 1 unspecified atom stereocenters. The van der Waals surface area contributed by atoms with Crippen LogP contribution in [-0.4, -0.2) is 41.8 Å². The molecule has 0 amide bonds. The third kappa shape index (κ3) is 3.83. The van der Waals surface area contributed by atoms with E-state index in [2.05, 4.69) is 0 Å². The average Bonchev–Trinajstić information content (AvgIpc) is 2.84. The molecular weight excluding hydrogens is 314 g/mol. The maximum Gasteiger partial charge on any atom is 0.101 e. The van der Waals surface area contributed by atoms with E-state index in [9.17, 15) is 19.5 Å². The maximum atomic E-state index is 12.9. The van der Waals surface area contributed by atoms with Gasteiger partial charge in [0.05, 0.1) is 17.4 Å². The van der Waals surface area contributed by atoms with Gasteiger partial charge in [0, 0.05) is 19.8 Å². The number of aliphatic hydroxyl groups is 3. The number of nitrogens with zero attached hydrogens (tertiary/aromatic N) is 1. The second-order valence-electron chi connectivity index (χ2n) is 6.92. The van der Waals surface area contributed by atoms with Gasteiger partial charge >= 0.3 is 0 Å². The number of aliphatic hydroxyl groups excluding tert-OH is 3. The van der Waals surface area contributed by atoms with Gasteiger partial charge < -0.3 is 15.3 Å². The van der Waals surface area contributed by atoms with Crippen LogP contribution in [0.4, 0.5) is 0 Å². The number of hydrogen-bond acceptors (Lipinski definition) is 4. The first-order chi connectivity index (χ1) is 10.8. The summed E-state index contributed by atoms with van der Waals surface area (Å²) in [5.41, 5.74) is 3.87. The summed E-state index contributed by atoms with van der Waals surface area (Å²) in [6.45, 7) is 6.34. The van der Waals surface area contributed by atoms with Gasteiger partial charge in [-0.15, -0.1) is 0 Å². The fourth-order valence-corrected chi connectivity index (χ4v) is 4.59. The summed E-state index contributed by atoms with van der Waals surface area (Å²) in [5.74, 6) is 0. The van der Waals surface area contributed by atoms with Crippen LogP contribution >= 0.6 is 0 Å². The van der Waals surface area contributed by atoms with Crippen molar-refractivity contribution in [2.24, 2.45) is 0 Å². The van der Waals surface area contributed by atoms with Crippen LogP contribution in [-0.2, 0) is 30.6 Å². The third-order valence-corrected chi connectivity index (χ3v) is 5.98. The quantitative estimate of drug-likeness (QED) is 0.731. The van der Waals surface area contributed by atoms with Crippen molar-refractivity contribution < 1.29 is 19.5 Å². The van der Waals surface area contributed by atoms with E-state index in [0.717, 1.165) is 22.3 Å². The van der Waals surface area contributed by atoms with Gasteiger partial charge in [-0.2, -0.15) is 0 Å². The first-order valence-corrected chi connectivity index (χ1v) is 9.10. The van der Waals surface area contributed by atoms with Crippen molar-refractivity contribution in [1.82, 2.24) is 4.31 Å². The van der Waals surface area contributed by atoms with E-state index in [1.54, 1.807) is 0 Å². The Morgan fingerprint density at radius 2 is 1.91 bits per heavy atom. The molecule has 0 bridgehead atoms. The number of fused-ring (bicyclic) bond motifs is 1. The molecule has 6 heteroatoms. The van der Waals surface area contributed by atoms with E-state index in [1.165, 1.54) is 0 Å². The molecule has 0 aliphatic carbocycles. The number of rotatable bonds is 6. The van der Waals surface area contributed by atoms with Gasteiger partial charge in [-0.1, -0.05) is 12.1 Å². The molecule has 0 aromatic heterocycles. The molecule has 3 N–H and O–H groups in total. The summed E-state index contributed by atoms with van der Waals surface area (Å²) in [5, 5.41) is 28.3. The molecule has 1 aliphatic heterocycles. The van der Waals surface area contributed by atoms with Crippen LogP contribution in [0.1, 0.15) is 55.5 Å². The average molecular weight is 341 g/mol. The van der Waals surface area contributed by atoms with Crippen LogP contribution in [0.15, 0.2) is 12.1 Å². The van der Waals surface area contributed by atoms with Crippen molar-refractivity contribution in [3.8, 4) is 0 Å². The second-order valence-corrected chi connectivity index (χ2v) is 9.12. The summed E-state index contributed by atoms with van der Waals surface area (Å²) in [7, 11) is -1.19. The van der Waals surface area contributed by atoms with Gasteiger partial charge in [-0.25, -0.2) is 8.51 Å². The minimum atomic E-state index is -1.19. The molecule has 1 aliphatic rings. The van der Waals surface area contributed by atoms with Crippen molar-refractivity contribution in [1.29, 1.82) is 0 Å². The molecular formula is C17H27NO4S. The van der Waals surface area contributed by atoms with Gasteiger partial charge in [0.1, 0.15) is 11.0 Å². The van der Waals surface area contributed by atoms with E-state index >= 15 is 0 Å². The maximum absolute atomic E-state index is 12.9. The van der Waals surface area contributed by atoms with Crippen molar-refractivity contribution in [3.63, 3.8) is 0 Å².